The van der Waals surface area contributed by atoms with Crippen LogP contribution in [0.2, 0.25) is 5.28 Å². The molecule has 1 aromatic carbocycles. The second-order valence-corrected chi connectivity index (χ2v) is 4.04. The first-order valence-corrected chi connectivity index (χ1v) is 6.04. The Hall–Kier alpha value is -2.34. The summed E-state index contributed by atoms with van der Waals surface area (Å²) in [4.78, 5) is 19.8. The summed E-state index contributed by atoms with van der Waals surface area (Å²) in [6, 6.07) is 6.57. The van der Waals surface area contributed by atoms with Crippen LogP contribution >= 0.6 is 11.6 Å². The van der Waals surface area contributed by atoms with Gasteiger partial charge in [0.2, 0.25) is 5.28 Å². The number of aromatic nitrogens is 2. The van der Waals surface area contributed by atoms with E-state index in [-0.39, 0.29) is 11.2 Å². The number of benzene rings is 1. The third-order valence-corrected chi connectivity index (χ3v) is 2.70. The van der Waals surface area contributed by atoms with Crippen molar-refractivity contribution in [2.24, 2.45) is 0 Å². The van der Waals surface area contributed by atoms with Gasteiger partial charge in [0, 0.05) is 6.20 Å². The van der Waals surface area contributed by atoms with E-state index >= 15 is 0 Å². The number of hydrogen-bond donors (Lipinski definition) is 1. The van der Waals surface area contributed by atoms with Gasteiger partial charge in [-0.25, -0.2) is 9.97 Å². The second-order valence-electron chi connectivity index (χ2n) is 3.71. The van der Waals surface area contributed by atoms with Crippen molar-refractivity contribution in [2.75, 3.05) is 19.5 Å². The zero-order valence-electron chi connectivity index (χ0n) is 10.9. The van der Waals surface area contributed by atoms with Gasteiger partial charge >= 0.3 is 0 Å². The monoisotopic (exact) mass is 293 g/mol. The van der Waals surface area contributed by atoms with Crippen LogP contribution < -0.4 is 14.8 Å². The van der Waals surface area contributed by atoms with Crippen molar-refractivity contribution in [3.8, 4) is 11.5 Å². The number of methoxy groups -OCH3 is 2. The number of rotatable bonds is 4. The molecule has 0 aliphatic heterocycles. The van der Waals surface area contributed by atoms with E-state index in [0.717, 1.165) is 0 Å². The van der Waals surface area contributed by atoms with Gasteiger partial charge in [-0.2, -0.15) is 0 Å². The van der Waals surface area contributed by atoms with Crippen LogP contribution in [0.15, 0.2) is 30.5 Å². The molecule has 0 spiro atoms. The number of anilines is 1. The Morgan fingerprint density at radius 3 is 2.70 bits per heavy atom. The quantitative estimate of drug-likeness (QED) is 0.876. The normalized spacial score (nSPS) is 9.95. The predicted octanol–water partition coefficient (Wildman–Crippen LogP) is 2.40. The van der Waals surface area contributed by atoms with E-state index < -0.39 is 0 Å². The van der Waals surface area contributed by atoms with Crippen molar-refractivity contribution in [1.29, 1.82) is 0 Å². The first-order chi connectivity index (χ1) is 9.65. The molecule has 0 fully saturated rings. The minimum absolute atomic E-state index is 0.0559. The van der Waals surface area contributed by atoms with Gasteiger partial charge in [0.25, 0.3) is 5.91 Å². The van der Waals surface area contributed by atoms with E-state index in [1.54, 1.807) is 18.2 Å². The van der Waals surface area contributed by atoms with Crippen LogP contribution in [0.1, 0.15) is 10.4 Å². The summed E-state index contributed by atoms with van der Waals surface area (Å²) in [5.74, 6) is 0.754. The van der Waals surface area contributed by atoms with Crippen molar-refractivity contribution in [3.05, 3.63) is 41.3 Å². The van der Waals surface area contributed by atoms with Gasteiger partial charge in [-0.1, -0.05) is 6.07 Å². The molecule has 1 amide bonds. The number of hydrogen-bond acceptors (Lipinski definition) is 5. The van der Waals surface area contributed by atoms with Gasteiger partial charge in [-0.05, 0) is 29.8 Å². The van der Waals surface area contributed by atoms with Crippen molar-refractivity contribution in [2.45, 2.75) is 0 Å². The standard InChI is InChI=1S/C13H12ClN3O3/c1-19-9-5-3-4-8(11(9)20-2)12(18)16-10-6-7-15-13(14)17-10/h3-7H,1-2H3,(H,15,16,17,18). The van der Waals surface area contributed by atoms with Gasteiger partial charge in [0.1, 0.15) is 5.82 Å². The molecule has 2 rings (SSSR count). The summed E-state index contributed by atoms with van der Waals surface area (Å²) >= 11 is 5.66. The third kappa shape index (κ3) is 2.97. The topological polar surface area (TPSA) is 73.3 Å². The maximum absolute atomic E-state index is 12.2. The molecular formula is C13H12ClN3O3. The average Bonchev–Trinajstić information content (AvgIpc) is 2.46. The minimum atomic E-state index is -0.379. The van der Waals surface area contributed by atoms with Crippen molar-refractivity contribution >= 4 is 23.3 Å². The number of nitrogens with one attached hydrogen (secondary N) is 1. The van der Waals surface area contributed by atoms with Crippen molar-refractivity contribution < 1.29 is 14.3 Å². The number of ether oxygens (including phenoxy) is 2. The second kappa shape index (κ2) is 6.21. The maximum atomic E-state index is 12.2. The van der Waals surface area contributed by atoms with Crippen LogP contribution in [0, 0.1) is 0 Å². The van der Waals surface area contributed by atoms with Gasteiger partial charge in [0.05, 0.1) is 19.8 Å². The Bertz CT molecular complexity index is 634. The molecule has 7 heteroatoms. The molecule has 104 valence electrons. The average molecular weight is 294 g/mol. The zero-order chi connectivity index (χ0) is 14.5. The molecular weight excluding hydrogens is 282 g/mol. The summed E-state index contributed by atoms with van der Waals surface area (Å²) in [5, 5.41) is 2.67. The number of nitrogens with zero attached hydrogens (tertiary/aromatic N) is 2. The highest BCUT2D eigenvalue weighted by molar-refractivity contribution is 6.28. The lowest BCUT2D eigenvalue weighted by Gasteiger charge is -2.12. The van der Waals surface area contributed by atoms with Crippen molar-refractivity contribution in [1.82, 2.24) is 9.97 Å². The van der Waals surface area contributed by atoms with E-state index in [9.17, 15) is 4.79 Å². The highest BCUT2D eigenvalue weighted by Gasteiger charge is 2.16. The summed E-state index contributed by atoms with van der Waals surface area (Å²) in [5.41, 5.74) is 0.335. The highest BCUT2D eigenvalue weighted by Crippen LogP contribution is 2.31. The lowest BCUT2D eigenvalue weighted by molar-refractivity contribution is 0.102. The minimum Gasteiger partial charge on any atom is -0.493 e. The summed E-state index contributed by atoms with van der Waals surface area (Å²) in [7, 11) is 2.97. The first kappa shape index (κ1) is 14.1. The molecule has 2 aromatic rings. The fraction of sp³-hybridized carbons (Fsp3) is 0.154. The molecule has 1 aromatic heterocycles. The van der Waals surface area contributed by atoms with Gasteiger partial charge in [-0.15, -0.1) is 0 Å². The highest BCUT2D eigenvalue weighted by atomic mass is 35.5. The Kier molecular flexibility index (Phi) is 4.37. The van der Waals surface area contributed by atoms with Gasteiger partial charge in [-0.3, -0.25) is 4.79 Å². The predicted molar refractivity (Wildman–Crippen MR) is 74.5 cm³/mol. The number of carbonyl (C=O) groups is 1. The number of amides is 1. The Morgan fingerprint density at radius 1 is 1.25 bits per heavy atom. The van der Waals surface area contributed by atoms with Crippen LogP contribution in [0.4, 0.5) is 5.82 Å². The Balaban J connectivity index is 2.30. The molecule has 0 atom stereocenters. The van der Waals surface area contributed by atoms with Crippen LogP contribution in [-0.2, 0) is 0 Å². The molecule has 1 heterocycles. The van der Waals surface area contributed by atoms with Crippen LogP contribution in [0.25, 0.3) is 0 Å². The fourth-order valence-corrected chi connectivity index (χ4v) is 1.80. The number of carbonyl (C=O) groups excluding carboxylic acids is 1. The SMILES string of the molecule is COc1cccc(C(=O)Nc2ccnc(Cl)n2)c1OC. The molecule has 0 aliphatic rings. The molecule has 1 N–H and O–H groups in total. The fourth-order valence-electron chi connectivity index (χ4n) is 1.65. The molecule has 0 saturated heterocycles. The van der Waals surface area contributed by atoms with Crippen molar-refractivity contribution in [3.63, 3.8) is 0 Å². The third-order valence-electron chi connectivity index (χ3n) is 2.52. The zero-order valence-corrected chi connectivity index (χ0v) is 11.6. The molecule has 0 unspecified atom stereocenters. The largest absolute Gasteiger partial charge is 0.493 e. The maximum Gasteiger partial charge on any atom is 0.260 e. The molecule has 0 bridgehead atoms. The summed E-state index contributed by atoms with van der Waals surface area (Å²) in [6.07, 6.45) is 1.45. The van der Waals surface area contributed by atoms with E-state index in [2.05, 4.69) is 15.3 Å². The first-order valence-electron chi connectivity index (χ1n) is 5.66. The molecule has 6 nitrogen and oxygen atoms in total. The molecule has 0 aliphatic carbocycles. The van der Waals surface area contributed by atoms with E-state index in [4.69, 9.17) is 21.1 Å². The summed E-state index contributed by atoms with van der Waals surface area (Å²) < 4.78 is 10.3. The lowest BCUT2D eigenvalue weighted by Crippen LogP contribution is -2.14. The van der Waals surface area contributed by atoms with Crippen LogP contribution in [0.3, 0.4) is 0 Å². The summed E-state index contributed by atoms with van der Waals surface area (Å²) in [6.45, 7) is 0. The number of para-hydroxylation sites is 1. The van der Waals surface area contributed by atoms with E-state index in [1.165, 1.54) is 26.5 Å². The smallest absolute Gasteiger partial charge is 0.260 e. The van der Waals surface area contributed by atoms with Crippen LogP contribution in [-0.4, -0.2) is 30.1 Å². The van der Waals surface area contributed by atoms with Gasteiger partial charge < -0.3 is 14.8 Å². The lowest BCUT2D eigenvalue weighted by atomic mass is 10.1. The Labute approximate surface area is 120 Å². The number of halogens is 1. The van der Waals surface area contributed by atoms with Crippen LogP contribution in [0.5, 0.6) is 11.5 Å². The molecule has 20 heavy (non-hydrogen) atoms. The molecule has 0 saturated carbocycles. The van der Waals surface area contributed by atoms with Gasteiger partial charge in [0.15, 0.2) is 11.5 Å². The van der Waals surface area contributed by atoms with E-state index in [0.29, 0.717) is 22.9 Å². The van der Waals surface area contributed by atoms with E-state index in [1.807, 2.05) is 0 Å². The Morgan fingerprint density at radius 2 is 2.05 bits per heavy atom. The molecule has 0 radical (unpaired) electrons.